The largest absolute Gasteiger partial charge is 0.398 e. The van der Waals surface area contributed by atoms with Crippen molar-refractivity contribution < 1.29 is 0 Å². The van der Waals surface area contributed by atoms with E-state index >= 15 is 0 Å². The first kappa shape index (κ1) is 12.7. The van der Waals surface area contributed by atoms with E-state index in [-0.39, 0.29) is 0 Å². The van der Waals surface area contributed by atoms with E-state index in [9.17, 15) is 0 Å². The van der Waals surface area contributed by atoms with Gasteiger partial charge in [0, 0.05) is 5.69 Å². The molecule has 1 nitrogen and oxygen atoms in total. The van der Waals surface area contributed by atoms with Gasteiger partial charge in [0.15, 0.2) is 0 Å². The average Bonchev–Trinajstić information content (AvgIpc) is 2.41. The summed E-state index contributed by atoms with van der Waals surface area (Å²) in [5.74, 6) is 0. The van der Waals surface area contributed by atoms with Gasteiger partial charge in [0.05, 0.1) is 0 Å². The number of nitrogen functional groups attached to an aromatic ring is 1. The van der Waals surface area contributed by atoms with Crippen molar-refractivity contribution in [3.63, 3.8) is 0 Å². The summed E-state index contributed by atoms with van der Waals surface area (Å²) < 4.78 is 0. The molecular formula is C17H21N. The first-order valence-electron chi connectivity index (χ1n) is 6.62. The second-order valence-corrected chi connectivity index (χ2v) is 4.82. The summed E-state index contributed by atoms with van der Waals surface area (Å²) in [5, 5.41) is 0. The molecule has 0 saturated carbocycles. The summed E-state index contributed by atoms with van der Waals surface area (Å²) in [6.45, 7) is 4.26. The number of benzene rings is 2. The predicted molar refractivity (Wildman–Crippen MR) is 78.8 cm³/mol. The molecule has 2 aromatic rings. The van der Waals surface area contributed by atoms with Gasteiger partial charge in [-0.3, -0.25) is 0 Å². The standard InChI is InChI=1S/C17H21N/c1-3-16-12-15(11-13(2)17(16)18)10-9-14-7-5-4-6-8-14/h4-8,11-12H,3,9-10,18H2,1-2H3. The highest BCUT2D eigenvalue weighted by Crippen LogP contribution is 2.21. The molecular weight excluding hydrogens is 218 g/mol. The summed E-state index contributed by atoms with van der Waals surface area (Å²) in [5.41, 5.74) is 12.3. The highest BCUT2D eigenvalue weighted by molar-refractivity contribution is 5.55. The Morgan fingerprint density at radius 2 is 1.61 bits per heavy atom. The van der Waals surface area contributed by atoms with Gasteiger partial charge >= 0.3 is 0 Å². The molecule has 94 valence electrons. The summed E-state index contributed by atoms with van der Waals surface area (Å²) in [7, 11) is 0. The van der Waals surface area contributed by atoms with E-state index in [1.807, 2.05) is 0 Å². The average molecular weight is 239 g/mol. The van der Waals surface area contributed by atoms with E-state index < -0.39 is 0 Å². The smallest absolute Gasteiger partial charge is 0.0376 e. The minimum atomic E-state index is 0.959. The maximum absolute atomic E-state index is 6.07. The molecule has 0 spiro atoms. The van der Waals surface area contributed by atoms with Crippen LogP contribution in [0.1, 0.15) is 29.2 Å². The third-order valence-electron chi connectivity index (χ3n) is 3.46. The first-order valence-corrected chi connectivity index (χ1v) is 6.62. The van der Waals surface area contributed by atoms with Gasteiger partial charge in [-0.2, -0.15) is 0 Å². The maximum Gasteiger partial charge on any atom is 0.0376 e. The molecule has 0 aliphatic carbocycles. The molecule has 2 N–H and O–H groups in total. The van der Waals surface area contributed by atoms with E-state index in [0.717, 1.165) is 24.9 Å². The van der Waals surface area contributed by atoms with Gasteiger partial charge in [-0.25, -0.2) is 0 Å². The lowest BCUT2D eigenvalue weighted by atomic mass is 9.97. The molecule has 2 rings (SSSR count). The Kier molecular flexibility index (Phi) is 4.03. The number of hydrogen-bond acceptors (Lipinski definition) is 1. The van der Waals surface area contributed by atoms with Gasteiger partial charge in [0.1, 0.15) is 0 Å². The molecule has 1 heteroatoms. The zero-order valence-corrected chi connectivity index (χ0v) is 11.2. The van der Waals surface area contributed by atoms with Crippen LogP contribution in [0, 0.1) is 6.92 Å². The van der Waals surface area contributed by atoms with Crippen LogP contribution in [0.4, 0.5) is 5.69 Å². The predicted octanol–water partition coefficient (Wildman–Crippen LogP) is 3.92. The van der Waals surface area contributed by atoms with E-state index in [1.54, 1.807) is 0 Å². The fraction of sp³-hybridized carbons (Fsp3) is 0.294. The van der Waals surface area contributed by atoms with E-state index in [2.05, 4.69) is 56.3 Å². The Hall–Kier alpha value is -1.76. The van der Waals surface area contributed by atoms with Crippen molar-refractivity contribution in [2.24, 2.45) is 0 Å². The highest BCUT2D eigenvalue weighted by atomic mass is 14.6. The number of anilines is 1. The van der Waals surface area contributed by atoms with Crippen LogP contribution in [-0.4, -0.2) is 0 Å². The molecule has 2 aromatic carbocycles. The van der Waals surface area contributed by atoms with Gasteiger partial charge in [0.25, 0.3) is 0 Å². The van der Waals surface area contributed by atoms with Gasteiger partial charge in [-0.15, -0.1) is 0 Å². The van der Waals surface area contributed by atoms with Gasteiger partial charge < -0.3 is 5.73 Å². The second-order valence-electron chi connectivity index (χ2n) is 4.82. The van der Waals surface area contributed by atoms with Crippen LogP contribution in [-0.2, 0) is 19.3 Å². The van der Waals surface area contributed by atoms with E-state index in [0.29, 0.717) is 0 Å². The van der Waals surface area contributed by atoms with Crippen LogP contribution in [0.3, 0.4) is 0 Å². The van der Waals surface area contributed by atoms with Crippen molar-refractivity contribution in [1.29, 1.82) is 0 Å². The van der Waals surface area contributed by atoms with Gasteiger partial charge in [0.2, 0.25) is 0 Å². The van der Waals surface area contributed by atoms with Gasteiger partial charge in [-0.05, 0) is 48.4 Å². The van der Waals surface area contributed by atoms with Crippen LogP contribution in [0.2, 0.25) is 0 Å². The molecule has 0 fully saturated rings. The zero-order chi connectivity index (χ0) is 13.0. The Morgan fingerprint density at radius 3 is 2.28 bits per heavy atom. The number of aryl methyl sites for hydroxylation is 4. The number of nitrogens with two attached hydrogens (primary N) is 1. The third-order valence-corrected chi connectivity index (χ3v) is 3.46. The van der Waals surface area contributed by atoms with Crippen molar-refractivity contribution in [3.05, 3.63) is 64.7 Å². The zero-order valence-electron chi connectivity index (χ0n) is 11.2. The van der Waals surface area contributed by atoms with Crippen LogP contribution >= 0.6 is 0 Å². The summed E-state index contributed by atoms with van der Waals surface area (Å²) in [6, 6.07) is 15.1. The van der Waals surface area contributed by atoms with Crippen molar-refractivity contribution in [2.45, 2.75) is 33.1 Å². The fourth-order valence-electron chi connectivity index (χ4n) is 2.32. The summed E-state index contributed by atoms with van der Waals surface area (Å²) in [4.78, 5) is 0. The Labute approximate surface area is 110 Å². The molecule has 0 saturated heterocycles. The van der Waals surface area contributed by atoms with Crippen LogP contribution in [0.15, 0.2) is 42.5 Å². The Balaban J connectivity index is 2.13. The first-order chi connectivity index (χ1) is 8.70. The minimum Gasteiger partial charge on any atom is -0.398 e. The molecule has 0 aliphatic rings. The number of rotatable bonds is 4. The maximum atomic E-state index is 6.07. The molecule has 0 aromatic heterocycles. The van der Waals surface area contributed by atoms with Crippen molar-refractivity contribution in [2.75, 3.05) is 5.73 Å². The Bertz CT molecular complexity index is 515. The highest BCUT2D eigenvalue weighted by Gasteiger charge is 2.04. The Morgan fingerprint density at radius 1 is 0.944 bits per heavy atom. The second kappa shape index (κ2) is 5.72. The molecule has 0 amide bonds. The van der Waals surface area contributed by atoms with Crippen LogP contribution in [0.25, 0.3) is 0 Å². The lowest BCUT2D eigenvalue weighted by molar-refractivity contribution is 0.951. The quantitative estimate of drug-likeness (QED) is 0.804. The normalized spacial score (nSPS) is 10.6. The minimum absolute atomic E-state index is 0.959. The molecule has 0 bridgehead atoms. The van der Waals surface area contributed by atoms with Crippen molar-refractivity contribution in [3.8, 4) is 0 Å². The number of hydrogen-bond donors (Lipinski definition) is 1. The molecule has 0 unspecified atom stereocenters. The fourth-order valence-corrected chi connectivity index (χ4v) is 2.32. The third kappa shape index (κ3) is 2.92. The molecule has 0 aliphatic heterocycles. The van der Waals surface area contributed by atoms with Crippen molar-refractivity contribution in [1.82, 2.24) is 0 Å². The lowest BCUT2D eigenvalue weighted by Gasteiger charge is -2.10. The van der Waals surface area contributed by atoms with Crippen LogP contribution in [0.5, 0.6) is 0 Å². The monoisotopic (exact) mass is 239 g/mol. The topological polar surface area (TPSA) is 26.0 Å². The molecule has 0 radical (unpaired) electrons. The molecule has 0 atom stereocenters. The SMILES string of the molecule is CCc1cc(CCc2ccccc2)cc(C)c1N. The lowest BCUT2D eigenvalue weighted by Crippen LogP contribution is -2.00. The van der Waals surface area contributed by atoms with Crippen molar-refractivity contribution >= 4 is 5.69 Å². The summed E-state index contributed by atoms with van der Waals surface area (Å²) >= 11 is 0. The molecule has 18 heavy (non-hydrogen) atoms. The van der Waals surface area contributed by atoms with Crippen LogP contribution < -0.4 is 5.73 Å². The van der Waals surface area contributed by atoms with Gasteiger partial charge in [-0.1, -0.05) is 49.4 Å². The molecule has 0 heterocycles. The summed E-state index contributed by atoms with van der Waals surface area (Å²) in [6.07, 6.45) is 3.18. The van der Waals surface area contributed by atoms with E-state index in [4.69, 9.17) is 5.73 Å². The van der Waals surface area contributed by atoms with E-state index in [1.165, 1.54) is 22.3 Å².